The molecule has 0 heterocycles. The van der Waals surface area contributed by atoms with Crippen LogP contribution in [0.5, 0.6) is 0 Å². The van der Waals surface area contributed by atoms with Gasteiger partial charge < -0.3 is 0 Å². The van der Waals surface area contributed by atoms with Gasteiger partial charge in [-0.3, -0.25) is 0 Å². The van der Waals surface area contributed by atoms with Crippen molar-refractivity contribution >= 4 is 11.6 Å². The Morgan fingerprint density at radius 2 is 1.09 bits per heavy atom. The zero-order chi connectivity index (χ0) is 18.3. The van der Waals surface area contributed by atoms with Crippen LogP contribution in [0.4, 0.5) is 57.1 Å². The predicted octanol–water partition coefficient (Wildman–Crippen LogP) is 5.48. The highest BCUT2D eigenvalue weighted by Crippen LogP contribution is 2.51. The van der Waals surface area contributed by atoms with Crippen LogP contribution in [-0.2, 0) is 0 Å². The van der Waals surface area contributed by atoms with Gasteiger partial charge in [0.2, 0.25) is 6.17 Å². The third kappa shape index (κ3) is 3.54. The molecule has 0 saturated heterocycles. The van der Waals surface area contributed by atoms with E-state index in [-0.39, 0.29) is 0 Å². The molecule has 0 saturated carbocycles. The Balaban J connectivity index is 5.87. The summed E-state index contributed by atoms with van der Waals surface area (Å²) in [5, 5.41) is -3.38. The second kappa shape index (κ2) is 5.96. The Morgan fingerprint density at radius 1 is 0.727 bits per heavy atom. The van der Waals surface area contributed by atoms with Crippen molar-refractivity contribution in [3.63, 3.8) is 0 Å². The first-order valence-electron chi connectivity index (χ1n) is 4.61. The second-order valence-corrected chi connectivity index (χ2v) is 4.09. The van der Waals surface area contributed by atoms with Crippen molar-refractivity contribution in [2.75, 3.05) is 0 Å². The SMILES string of the molecule is FC(F)=C(Cl)C(F)(F)C(F)(F)C(F)C(F)(F)C(F)C(F)(F)F. The van der Waals surface area contributed by atoms with Crippen LogP contribution in [0.15, 0.2) is 11.1 Å². The minimum Gasteiger partial charge on any atom is -0.234 e. The lowest BCUT2D eigenvalue weighted by molar-refractivity contribution is -0.308. The van der Waals surface area contributed by atoms with Gasteiger partial charge in [-0.25, -0.2) is 8.78 Å². The molecule has 2 unspecified atom stereocenters. The van der Waals surface area contributed by atoms with Crippen LogP contribution in [-0.4, -0.2) is 36.3 Å². The zero-order valence-corrected chi connectivity index (χ0v) is 10.2. The maximum atomic E-state index is 12.9. The molecule has 0 aliphatic rings. The van der Waals surface area contributed by atoms with Gasteiger partial charge >= 0.3 is 23.9 Å². The third-order valence-corrected chi connectivity index (χ3v) is 2.52. The molecule has 0 nitrogen and oxygen atoms in total. The maximum absolute atomic E-state index is 12.9. The lowest BCUT2D eigenvalue weighted by atomic mass is 9.97. The van der Waals surface area contributed by atoms with E-state index >= 15 is 0 Å². The number of hydrogen-bond acceptors (Lipinski definition) is 0. The van der Waals surface area contributed by atoms with E-state index in [2.05, 4.69) is 11.6 Å². The number of halogens is 14. The summed E-state index contributed by atoms with van der Waals surface area (Å²) in [4.78, 5) is 0. The molecule has 0 aliphatic carbocycles. The molecule has 0 fully saturated rings. The first kappa shape index (κ1) is 21.1. The largest absolute Gasteiger partial charge is 0.425 e. The number of alkyl halides is 11. The summed E-state index contributed by atoms with van der Waals surface area (Å²) in [6.07, 6.45) is -21.7. The van der Waals surface area contributed by atoms with Crippen molar-refractivity contribution in [2.24, 2.45) is 0 Å². The summed E-state index contributed by atoms with van der Waals surface area (Å²) in [5.74, 6) is -20.1. The Bertz CT molecular complexity index is 432. The van der Waals surface area contributed by atoms with E-state index in [0.717, 1.165) is 0 Å². The average Bonchev–Trinajstić information content (AvgIpc) is 2.34. The van der Waals surface area contributed by atoms with E-state index in [9.17, 15) is 57.1 Å². The number of allylic oxidation sites excluding steroid dienone is 1. The highest BCUT2D eigenvalue weighted by Gasteiger charge is 2.75. The first-order valence-corrected chi connectivity index (χ1v) is 4.99. The van der Waals surface area contributed by atoms with E-state index in [1.165, 1.54) is 0 Å². The van der Waals surface area contributed by atoms with E-state index in [1.807, 2.05) is 0 Å². The molecule has 0 aromatic carbocycles. The molecular weight excluding hydrogens is 379 g/mol. The molecule has 0 radical (unpaired) electrons. The molecule has 0 aromatic heterocycles. The lowest BCUT2D eigenvalue weighted by Crippen LogP contribution is -2.60. The van der Waals surface area contributed by atoms with Crippen molar-refractivity contribution in [3.05, 3.63) is 11.1 Å². The molecule has 0 N–H and O–H groups in total. The molecule has 0 amide bonds. The van der Waals surface area contributed by atoms with Crippen LogP contribution in [0.3, 0.4) is 0 Å². The quantitative estimate of drug-likeness (QED) is 0.554. The van der Waals surface area contributed by atoms with Gasteiger partial charge in [0.15, 0.2) is 5.03 Å². The summed E-state index contributed by atoms with van der Waals surface area (Å²) in [7, 11) is 0. The van der Waals surface area contributed by atoms with Crippen LogP contribution in [0.25, 0.3) is 0 Å². The first-order chi connectivity index (χ1) is 9.41. The molecule has 14 heteroatoms. The van der Waals surface area contributed by atoms with Crippen LogP contribution >= 0.6 is 11.6 Å². The van der Waals surface area contributed by atoms with Crippen molar-refractivity contribution < 1.29 is 57.1 Å². The summed E-state index contributed by atoms with van der Waals surface area (Å²) in [6, 6.07) is 0. The highest BCUT2D eigenvalue weighted by molar-refractivity contribution is 6.30. The minimum absolute atomic E-state index is 3.38. The normalized spacial score (nSPS) is 17.2. The molecule has 0 rings (SSSR count). The fourth-order valence-electron chi connectivity index (χ4n) is 1.01. The zero-order valence-electron chi connectivity index (χ0n) is 9.45. The van der Waals surface area contributed by atoms with E-state index in [0.29, 0.717) is 0 Å². The van der Waals surface area contributed by atoms with Gasteiger partial charge in [-0.15, -0.1) is 0 Å². The molecule has 0 aliphatic heterocycles. The smallest absolute Gasteiger partial charge is 0.234 e. The highest BCUT2D eigenvalue weighted by atomic mass is 35.5. The molecule has 2 atom stereocenters. The van der Waals surface area contributed by atoms with Crippen molar-refractivity contribution in [2.45, 2.75) is 36.3 Å². The van der Waals surface area contributed by atoms with Crippen molar-refractivity contribution in [1.29, 1.82) is 0 Å². The van der Waals surface area contributed by atoms with E-state index in [4.69, 9.17) is 0 Å². The van der Waals surface area contributed by atoms with Crippen molar-refractivity contribution in [3.8, 4) is 0 Å². The topological polar surface area (TPSA) is 0 Å². The standard InChI is InChI=1S/C8H2ClF13/c9-1(2(10)11)6(16,17)7(18,19)3(12)5(14,15)4(13)8(20,21)22/h3-4H. The lowest BCUT2D eigenvalue weighted by Gasteiger charge is -2.33. The molecule has 0 spiro atoms. The Kier molecular flexibility index (Phi) is 5.72. The Morgan fingerprint density at radius 3 is 1.36 bits per heavy atom. The number of hydrogen-bond donors (Lipinski definition) is 0. The van der Waals surface area contributed by atoms with Gasteiger partial charge in [0.25, 0.3) is 12.3 Å². The summed E-state index contributed by atoms with van der Waals surface area (Å²) >= 11 is 4.03. The van der Waals surface area contributed by atoms with Gasteiger partial charge in [0.1, 0.15) is 0 Å². The van der Waals surface area contributed by atoms with Gasteiger partial charge in [0.05, 0.1) is 0 Å². The van der Waals surface area contributed by atoms with Crippen LogP contribution in [0.1, 0.15) is 0 Å². The van der Waals surface area contributed by atoms with Gasteiger partial charge in [-0.2, -0.15) is 48.3 Å². The van der Waals surface area contributed by atoms with Gasteiger partial charge in [0, 0.05) is 0 Å². The summed E-state index contributed by atoms with van der Waals surface area (Å²) < 4.78 is 160. The Hall–Kier alpha value is -0.880. The van der Waals surface area contributed by atoms with Crippen LogP contribution < -0.4 is 0 Å². The monoisotopic (exact) mass is 380 g/mol. The fourth-order valence-corrected chi connectivity index (χ4v) is 1.14. The molecular formula is C8H2ClF13. The predicted molar refractivity (Wildman–Crippen MR) is 45.8 cm³/mol. The summed E-state index contributed by atoms with van der Waals surface area (Å²) in [6.45, 7) is 0. The maximum Gasteiger partial charge on any atom is 0.425 e. The molecule has 22 heavy (non-hydrogen) atoms. The molecule has 0 aromatic rings. The van der Waals surface area contributed by atoms with Crippen molar-refractivity contribution in [1.82, 2.24) is 0 Å². The third-order valence-electron chi connectivity index (χ3n) is 2.14. The van der Waals surface area contributed by atoms with Crippen LogP contribution in [0.2, 0.25) is 0 Å². The van der Waals surface area contributed by atoms with Crippen LogP contribution in [0, 0.1) is 0 Å². The Labute approximate surface area is 117 Å². The van der Waals surface area contributed by atoms with Gasteiger partial charge in [-0.1, -0.05) is 11.6 Å². The fraction of sp³-hybridized carbons (Fsp3) is 0.750. The van der Waals surface area contributed by atoms with Gasteiger partial charge in [-0.05, 0) is 0 Å². The molecule has 132 valence electrons. The molecule has 0 bridgehead atoms. The van der Waals surface area contributed by atoms with E-state index < -0.39 is 47.4 Å². The average molecular weight is 381 g/mol. The summed E-state index contributed by atoms with van der Waals surface area (Å²) in [5.41, 5.74) is 0. The van der Waals surface area contributed by atoms with E-state index in [1.54, 1.807) is 0 Å². The second-order valence-electron chi connectivity index (χ2n) is 3.71. The number of rotatable bonds is 5. The minimum atomic E-state index is -6.87.